The Balaban J connectivity index is 1.59. The highest BCUT2D eigenvalue weighted by Gasteiger charge is 2.79. The number of aliphatic hydroxyl groups excluding tert-OH is 1. The van der Waals surface area contributed by atoms with Gasteiger partial charge in [-0.2, -0.15) is 0 Å². The third-order valence-corrected chi connectivity index (χ3v) is 8.99. The Bertz CT molecular complexity index is 1210. The second-order valence-corrected chi connectivity index (χ2v) is 11.2. The SMILES string of the molecule is CCCC(C)NC(=O)C1N([C@H](CO)c2ccccc2)C(=O)[C@@H]2[C@H](C(=O)Nc3ccccc3)[C@]3(CC)CCC12O3. The average molecular weight is 534 g/mol. The van der Waals surface area contributed by atoms with Crippen LogP contribution in [0.2, 0.25) is 0 Å². The zero-order valence-corrected chi connectivity index (χ0v) is 22.9. The maximum absolute atomic E-state index is 14.5. The minimum Gasteiger partial charge on any atom is -0.394 e. The lowest BCUT2D eigenvalue weighted by atomic mass is 9.65. The summed E-state index contributed by atoms with van der Waals surface area (Å²) in [5.74, 6) is -2.47. The normalized spacial score (nSPS) is 30.6. The van der Waals surface area contributed by atoms with Crippen LogP contribution < -0.4 is 10.6 Å². The van der Waals surface area contributed by atoms with E-state index in [2.05, 4.69) is 17.6 Å². The van der Waals surface area contributed by atoms with Crippen molar-refractivity contribution >= 4 is 23.4 Å². The van der Waals surface area contributed by atoms with Crippen molar-refractivity contribution < 1.29 is 24.2 Å². The monoisotopic (exact) mass is 533 g/mol. The maximum atomic E-state index is 14.5. The molecule has 3 fully saturated rings. The predicted octanol–water partition coefficient (Wildman–Crippen LogP) is 3.82. The van der Waals surface area contributed by atoms with Crippen LogP contribution in [0.3, 0.4) is 0 Å². The van der Waals surface area contributed by atoms with Gasteiger partial charge in [-0.3, -0.25) is 14.4 Å². The molecule has 8 heteroatoms. The molecule has 3 saturated heterocycles. The quantitative estimate of drug-likeness (QED) is 0.430. The molecular formula is C31H39N3O5. The van der Waals surface area contributed by atoms with Gasteiger partial charge >= 0.3 is 0 Å². The second-order valence-electron chi connectivity index (χ2n) is 11.2. The molecule has 0 radical (unpaired) electrons. The number of fused-ring (bicyclic) bond motifs is 1. The zero-order chi connectivity index (χ0) is 27.8. The topological polar surface area (TPSA) is 108 Å². The van der Waals surface area contributed by atoms with Crippen molar-refractivity contribution in [2.45, 2.75) is 82.2 Å². The van der Waals surface area contributed by atoms with Crippen molar-refractivity contribution in [1.82, 2.24) is 10.2 Å². The van der Waals surface area contributed by atoms with Gasteiger partial charge in [0.1, 0.15) is 11.6 Å². The van der Waals surface area contributed by atoms with Crippen LogP contribution in [0.4, 0.5) is 5.69 Å². The number of likely N-dealkylation sites (tertiary alicyclic amines) is 1. The molecule has 7 atom stereocenters. The molecule has 39 heavy (non-hydrogen) atoms. The standard InChI is InChI=1S/C31H39N3O5/c1-4-12-20(3)32-28(37)26-31-18-17-30(5-2,39-31)24(27(36)33-22-15-10-7-11-16-22)25(31)29(38)34(26)23(19-35)21-13-8-6-9-14-21/h6-11,13-16,20,23-26,35H,4-5,12,17-19H2,1-3H3,(H,32,37)(H,33,36)/t20?,23-,24-,25+,26?,30+,31?/m1/s1. The van der Waals surface area contributed by atoms with E-state index in [4.69, 9.17) is 4.74 Å². The number of hydrogen-bond acceptors (Lipinski definition) is 5. The largest absolute Gasteiger partial charge is 0.394 e. The second kappa shape index (κ2) is 10.7. The molecular weight excluding hydrogens is 494 g/mol. The van der Waals surface area contributed by atoms with Crippen LogP contribution in [0, 0.1) is 11.8 Å². The van der Waals surface area contributed by atoms with Crippen LogP contribution in [-0.4, -0.2) is 57.6 Å². The Morgan fingerprint density at radius 3 is 2.33 bits per heavy atom. The fourth-order valence-corrected chi connectivity index (χ4v) is 7.29. The minimum absolute atomic E-state index is 0.0879. The van der Waals surface area contributed by atoms with Crippen molar-refractivity contribution in [3.05, 3.63) is 66.2 Å². The first kappa shape index (κ1) is 27.3. The van der Waals surface area contributed by atoms with E-state index in [0.29, 0.717) is 24.9 Å². The van der Waals surface area contributed by atoms with Crippen LogP contribution >= 0.6 is 0 Å². The van der Waals surface area contributed by atoms with Gasteiger partial charge in [0.25, 0.3) is 0 Å². The molecule has 208 valence electrons. The minimum atomic E-state index is -1.15. The van der Waals surface area contributed by atoms with Crippen molar-refractivity contribution in [3.8, 4) is 0 Å². The van der Waals surface area contributed by atoms with Crippen molar-refractivity contribution in [2.24, 2.45) is 11.8 Å². The summed E-state index contributed by atoms with van der Waals surface area (Å²) in [5.41, 5.74) is -0.605. The van der Waals surface area contributed by atoms with Crippen LogP contribution in [0.25, 0.3) is 0 Å². The predicted molar refractivity (Wildman–Crippen MR) is 148 cm³/mol. The van der Waals surface area contributed by atoms with Crippen LogP contribution in [0.5, 0.6) is 0 Å². The Morgan fingerprint density at radius 1 is 1.05 bits per heavy atom. The van der Waals surface area contributed by atoms with E-state index < -0.39 is 35.1 Å². The van der Waals surface area contributed by atoms with Crippen molar-refractivity contribution in [3.63, 3.8) is 0 Å². The number of nitrogens with one attached hydrogen (secondary N) is 2. The zero-order valence-electron chi connectivity index (χ0n) is 22.9. The molecule has 8 nitrogen and oxygen atoms in total. The molecule has 3 heterocycles. The summed E-state index contributed by atoms with van der Waals surface area (Å²) in [6.45, 7) is 5.63. The van der Waals surface area contributed by atoms with E-state index in [0.717, 1.165) is 18.4 Å². The van der Waals surface area contributed by atoms with Crippen molar-refractivity contribution in [2.75, 3.05) is 11.9 Å². The third kappa shape index (κ3) is 4.43. The molecule has 0 aliphatic carbocycles. The third-order valence-electron chi connectivity index (χ3n) is 8.99. The molecule has 0 saturated carbocycles. The number of anilines is 1. The van der Waals surface area contributed by atoms with Gasteiger partial charge in [0.05, 0.1) is 30.1 Å². The number of amides is 3. The summed E-state index contributed by atoms with van der Waals surface area (Å²) >= 11 is 0. The summed E-state index contributed by atoms with van der Waals surface area (Å²) in [6, 6.07) is 16.6. The van der Waals surface area contributed by atoms with E-state index >= 15 is 0 Å². The van der Waals surface area contributed by atoms with Crippen LogP contribution in [0.15, 0.2) is 60.7 Å². The molecule has 2 aromatic carbocycles. The molecule has 3 aliphatic heterocycles. The molecule has 3 N–H and O–H groups in total. The fraction of sp³-hybridized carbons (Fsp3) is 0.516. The maximum Gasteiger partial charge on any atom is 0.246 e. The summed E-state index contributed by atoms with van der Waals surface area (Å²) in [6.07, 6.45) is 3.33. The van der Waals surface area contributed by atoms with E-state index in [1.54, 1.807) is 0 Å². The number of aliphatic hydroxyl groups is 1. The highest BCUT2D eigenvalue weighted by Crippen LogP contribution is 2.65. The van der Waals surface area contributed by atoms with Gasteiger partial charge in [0.2, 0.25) is 17.7 Å². The Morgan fingerprint density at radius 2 is 1.72 bits per heavy atom. The van der Waals surface area contributed by atoms with E-state index in [1.807, 2.05) is 74.5 Å². The average Bonchev–Trinajstić information content (AvgIpc) is 3.54. The molecule has 5 rings (SSSR count). The van der Waals surface area contributed by atoms with Gasteiger partial charge in [0, 0.05) is 11.7 Å². The molecule has 2 bridgehead atoms. The molecule has 3 aliphatic rings. The van der Waals surface area contributed by atoms with Gasteiger partial charge in [0.15, 0.2) is 0 Å². The van der Waals surface area contributed by atoms with Gasteiger partial charge < -0.3 is 25.4 Å². The smallest absolute Gasteiger partial charge is 0.246 e. The summed E-state index contributed by atoms with van der Waals surface area (Å²) in [5, 5.41) is 16.7. The van der Waals surface area contributed by atoms with Gasteiger partial charge in [-0.1, -0.05) is 68.8 Å². The van der Waals surface area contributed by atoms with Crippen molar-refractivity contribution in [1.29, 1.82) is 0 Å². The fourth-order valence-electron chi connectivity index (χ4n) is 7.29. The van der Waals surface area contributed by atoms with E-state index in [-0.39, 0.29) is 30.4 Å². The van der Waals surface area contributed by atoms with Gasteiger partial charge in [-0.15, -0.1) is 0 Å². The van der Waals surface area contributed by atoms with Crippen LogP contribution in [-0.2, 0) is 19.1 Å². The van der Waals surface area contributed by atoms with E-state index in [1.165, 1.54) is 4.90 Å². The summed E-state index contributed by atoms with van der Waals surface area (Å²) in [4.78, 5) is 43.9. The first-order valence-corrected chi connectivity index (χ1v) is 14.2. The summed E-state index contributed by atoms with van der Waals surface area (Å²) < 4.78 is 6.83. The molecule has 3 amide bonds. The number of rotatable bonds is 10. The highest BCUT2D eigenvalue weighted by molar-refractivity contribution is 6.02. The number of ether oxygens (including phenoxy) is 1. The van der Waals surface area contributed by atoms with E-state index in [9.17, 15) is 19.5 Å². The lowest BCUT2D eigenvalue weighted by Crippen LogP contribution is -2.57. The first-order valence-electron chi connectivity index (χ1n) is 14.2. The molecule has 3 unspecified atom stereocenters. The Labute approximate surface area is 230 Å². The van der Waals surface area contributed by atoms with Crippen LogP contribution in [0.1, 0.15) is 64.5 Å². The Hall–Kier alpha value is -3.23. The number of para-hydroxylation sites is 1. The molecule has 2 aromatic rings. The number of carbonyl (C=O) groups excluding carboxylic acids is 3. The lowest BCUT2D eigenvalue weighted by Gasteiger charge is -2.38. The number of nitrogens with zero attached hydrogens (tertiary/aromatic N) is 1. The first-order chi connectivity index (χ1) is 18.8. The van der Waals surface area contributed by atoms with Gasteiger partial charge in [-0.05, 0) is 50.3 Å². The molecule has 1 spiro atoms. The number of carbonyl (C=O) groups is 3. The summed E-state index contributed by atoms with van der Waals surface area (Å²) in [7, 11) is 0. The highest BCUT2D eigenvalue weighted by atomic mass is 16.5. The number of hydrogen-bond donors (Lipinski definition) is 3. The molecule has 0 aromatic heterocycles. The van der Waals surface area contributed by atoms with Gasteiger partial charge in [-0.25, -0.2) is 0 Å². The number of benzene rings is 2. The Kier molecular flexibility index (Phi) is 7.53. The lowest BCUT2D eigenvalue weighted by molar-refractivity contribution is -0.150.